The van der Waals surface area contributed by atoms with E-state index in [4.69, 9.17) is 15.0 Å². The van der Waals surface area contributed by atoms with Crippen LogP contribution in [0.15, 0.2) is 35.4 Å². The number of aliphatic hydroxyl groups excluding tert-OH is 2. The van der Waals surface area contributed by atoms with E-state index in [0.717, 1.165) is 5.56 Å². The lowest BCUT2D eigenvalue weighted by molar-refractivity contribution is -0.262. The van der Waals surface area contributed by atoms with E-state index in [0.29, 0.717) is 0 Å². The highest BCUT2D eigenvalue weighted by Gasteiger charge is 2.36. The van der Waals surface area contributed by atoms with Crippen molar-refractivity contribution >= 4 is 0 Å². The molecule has 1 unspecified atom stereocenters. The van der Waals surface area contributed by atoms with Gasteiger partial charge in [0.1, 0.15) is 6.10 Å². The lowest BCUT2D eigenvalue weighted by Gasteiger charge is -2.36. The van der Waals surface area contributed by atoms with E-state index < -0.39 is 31.1 Å². The first-order valence-electron chi connectivity index (χ1n) is 5.91. The summed E-state index contributed by atoms with van der Waals surface area (Å²) in [7, 11) is 0. The molecule has 1 saturated heterocycles. The van der Waals surface area contributed by atoms with Crippen LogP contribution in [0.25, 0.3) is 10.4 Å². The van der Waals surface area contributed by atoms with Crippen molar-refractivity contribution in [2.24, 2.45) is 5.11 Å². The SMILES string of the molecule is [N-]=[N+]=N[C@@H](CO)[C@H]1OC(c2ccccc2)OC[C@H]1O. The molecule has 1 aromatic carbocycles. The number of ether oxygens (including phenoxy) is 2. The molecule has 102 valence electrons. The Morgan fingerprint density at radius 2 is 2.16 bits per heavy atom. The van der Waals surface area contributed by atoms with Crippen molar-refractivity contribution in [3.8, 4) is 0 Å². The predicted octanol–water partition coefficient (Wildman–Crippen LogP) is 1.13. The van der Waals surface area contributed by atoms with Crippen LogP contribution in [0.3, 0.4) is 0 Å². The molecule has 0 aromatic heterocycles. The quantitative estimate of drug-likeness (QED) is 0.483. The number of benzene rings is 1. The van der Waals surface area contributed by atoms with Gasteiger partial charge >= 0.3 is 0 Å². The van der Waals surface area contributed by atoms with Gasteiger partial charge in [-0.1, -0.05) is 35.4 Å². The summed E-state index contributed by atoms with van der Waals surface area (Å²) in [5.74, 6) is 0. The van der Waals surface area contributed by atoms with Crippen molar-refractivity contribution in [2.45, 2.75) is 24.5 Å². The van der Waals surface area contributed by atoms with E-state index >= 15 is 0 Å². The summed E-state index contributed by atoms with van der Waals surface area (Å²) in [6, 6.07) is 8.39. The topological polar surface area (TPSA) is 108 Å². The largest absolute Gasteiger partial charge is 0.396 e. The Kier molecular flexibility index (Phi) is 4.73. The van der Waals surface area contributed by atoms with Gasteiger partial charge in [-0.2, -0.15) is 0 Å². The monoisotopic (exact) mass is 265 g/mol. The van der Waals surface area contributed by atoms with Gasteiger partial charge in [0.05, 0.1) is 25.4 Å². The molecule has 7 nitrogen and oxygen atoms in total. The molecule has 1 aliphatic rings. The third-order valence-electron chi connectivity index (χ3n) is 2.92. The first-order chi connectivity index (χ1) is 9.26. The summed E-state index contributed by atoms with van der Waals surface area (Å²) in [6.07, 6.45) is -2.37. The molecule has 0 aliphatic carbocycles. The Morgan fingerprint density at radius 1 is 1.42 bits per heavy atom. The van der Waals surface area contributed by atoms with Gasteiger partial charge in [0.2, 0.25) is 0 Å². The molecule has 0 bridgehead atoms. The summed E-state index contributed by atoms with van der Waals surface area (Å²) in [5, 5.41) is 22.4. The highest BCUT2D eigenvalue weighted by molar-refractivity contribution is 5.16. The number of azide groups is 1. The third kappa shape index (κ3) is 3.23. The van der Waals surface area contributed by atoms with Crippen LogP contribution in [0, 0.1) is 0 Å². The van der Waals surface area contributed by atoms with Crippen molar-refractivity contribution in [3.63, 3.8) is 0 Å². The van der Waals surface area contributed by atoms with Crippen molar-refractivity contribution in [1.82, 2.24) is 0 Å². The number of aliphatic hydroxyl groups is 2. The van der Waals surface area contributed by atoms with E-state index in [2.05, 4.69) is 10.0 Å². The molecule has 1 aliphatic heterocycles. The van der Waals surface area contributed by atoms with Crippen LogP contribution >= 0.6 is 0 Å². The normalized spacial score (nSPS) is 28.4. The fourth-order valence-corrected chi connectivity index (χ4v) is 1.96. The third-order valence-corrected chi connectivity index (χ3v) is 2.92. The predicted molar refractivity (Wildman–Crippen MR) is 66.0 cm³/mol. The maximum Gasteiger partial charge on any atom is 0.184 e. The van der Waals surface area contributed by atoms with Crippen LogP contribution in [-0.4, -0.2) is 41.7 Å². The molecule has 2 N–H and O–H groups in total. The number of hydrogen-bond acceptors (Lipinski definition) is 5. The average Bonchev–Trinajstić information content (AvgIpc) is 2.46. The molecule has 7 heteroatoms. The maximum atomic E-state index is 9.82. The van der Waals surface area contributed by atoms with Crippen molar-refractivity contribution < 1.29 is 19.7 Å². The summed E-state index contributed by atoms with van der Waals surface area (Å²) in [5.41, 5.74) is 9.25. The second kappa shape index (κ2) is 6.51. The lowest BCUT2D eigenvalue weighted by atomic mass is 10.1. The molecular formula is C12H15N3O4. The first kappa shape index (κ1) is 13.8. The molecule has 0 saturated carbocycles. The van der Waals surface area contributed by atoms with E-state index in [-0.39, 0.29) is 6.61 Å². The van der Waals surface area contributed by atoms with Gasteiger partial charge in [-0.3, -0.25) is 0 Å². The summed E-state index contributed by atoms with van der Waals surface area (Å²) in [4.78, 5) is 2.65. The van der Waals surface area contributed by atoms with Gasteiger partial charge in [-0.25, -0.2) is 0 Å². The second-order valence-electron chi connectivity index (χ2n) is 4.20. The van der Waals surface area contributed by atoms with Crippen LogP contribution in [0.5, 0.6) is 0 Å². The van der Waals surface area contributed by atoms with Crippen LogP contribution in [0.2, 0.25) is 0 Å². The Bertz CT molecular complexity index is 450. The fourth-order valence-electron chi connectivity index (χ4n) is 1.96. The molecule has 1 fully saturated rings. The minimum atomic E-state index is -0.942. The van der Waals surface area contributed by atoms with Crippen LogP contribution in [0.4, 0.5) is 0 Å². The standard InChI is InChI=1S/C12H15N3O4/c13-15-14-9(6-16)11-10(17)7-18-12(19-11)8-4-2-1-3-5-8/h1-5,9-12,16-17H,6-7H2/t9-,10+,11+,12?/m0/s1. The van der Waals surface area contributed by atoms with Gasteiger partial charge in [0, 0.05) is 10.5 Å². The molecule has 0 spiro atoms. The molecule has 0 amide bonds. The van der Waals surface area contributed by atoms with Crippen LogP contribution < -0.4 is 0 Å². The van der Waals surface area contributed by atoms with E-state index in [1.54, 1.807) is 0 Å². The molecule has 0 radical (unpaired) electrons. The first-order valence-corrected chi connectivity index (χ1v) is 5.91. The van der Waals surface area contributed by atoms with E-state index in [9.17, 15) is 10.2 Å². The number of nitrogens with zero attached hydrogens (tertiary/aromatic N) is 3. The second-order valence-corrected chi connectivity index (χ2v) is 4.20. The molecule has 2 rings (SSSR count). The summed E-state index contributed by atoms with van der Waals surface area (Å²) >= 11 is 0. The van der Waals surface area contributed by atoms with Gasteiger partial charge in [0.15, 0.2) is 6.29 Å². The minimum absolute atomic E-state index is 0.0572. The molecule has 1 heterocycles. The molecule has 19 heavy (non-hydrogen) atoms. The maximum absolute atomic E-state index is 9.82. The Labute approximate surface area is 110 Å². The van der Waals surface area contributed by atoms with Gasteiger partial charge in [-0.05, 0) is 5.53 Å². The fraction of sp³-hybridized carbons (Fsp3) is 0.500. The van der Waals surface area contributed by atoms with E-state index in [1.165, 1.54) is 0 Å². The number of hydrogen-bond donors (Lipinski definition) is 2. The van der Waals surface area contributed by atoms with Crippen molar-refractivity contribution in [3.05, 3.63) is 46.3 Å². The lowest BCUT2D eigenvalue weighted by Crippen LogP contribution is -2.47. The van der Waals surface area contributed by atoms with Crippen molar-refractivity contribution in [2.75, 3.05) is 13.2 Å². The summed E-state index contributed by atoms with van der Waals surface area (Å²) in [6.45, 7) is -0.338. The van der Waals surface area contributed by atoms with Gasteiger partial charge in [-0.15, -0.1) is 0 Å². The smallest absolute Gasteiger partial charge is 0.184 e. The Morgan fingerprint density at radius 3 is 2.79 bits per heavy atom. The highest BCUT2D eigenvalue weighted by atomic mass is 16.7. The Hall–Kier alpha value is -1.63. The zero-order valence-electron chi connectivity index (χ0n) is 10.2. The zero-order valence-corrected chi connectivity index (χ0v) is 10.2. The molecular weight excluding hydrogens is 250 g/mol. The van der Waals surface area contributed by atoms with Gasteiger partial charge in [0.25, 0.3) is 0 Å². The molecule has 1 aromatic rings. The average molecular weight is 265 g/mol. The zero-order chi connectivity index (χ0) is 13.7. The Balaban J connectivity index is 2.13. The van der Waals surface area contributed by atoms with Crippen LogP contribution in [-0.2, 0) is 9.47 Å². The van der Waals surface area contributed by atoms with Crippen LogP contribution in [0.1, 0.15) is 11.9 Å². The van der Waals surface area contributed by atoms with E-state index in [1.807, 2.05) is 30.3 Å². The summed E-state index contributed by atoms with van der Waals surface area (Å²) < 4.78 is 11.0. The molecule has 4 atom stereocenters. The van der Waals surface area contributed by atoms with Gasteiger partial charge < -0.3 is 19.7 Å². The minimum Gasteiger partial charge on any atom is -0.396 e. The highest BCUT2D eigenvalue weighted by Crippen LogP contribution is 2.28. The van der Waals surface area contributed by atoms with Crippen molar-refractivity contribution in [1.29, 1.82) is 0 Å². The number of rotatable bonds is 4.